The Morgan fingerprint density at radius 1 is 1.35 bits per heavy atom. The maximum Gasteiger partial charge on any atom is 0.318 e. The van der Waals surface area contributed by atoms with E-state index in [2.05, 4.69) is 15.5 Å². The number of primary amides is 1. The number of hydrogen-bond donors (Lipinski definition) is 3. The van der Waals surface area contributed by atoms with Gasteiger partial charge in [-0.25, -0.2) is 4.79 Å². The van der Waals surface area contributed by atoms with Gasteiger partial charge in [0.05, 0.1) is 6.04 Å². The molecule has 3 unspecified atom stereocenters. The first kappa shape index (κ1) is 12.3. The molecule has 0 saturated carbocycles. The van der Waals surface area contributed by atoms with Crippen LogP contribution in [0.4, 0.5) is 4.79 Å². The maximum atomic E-state index is 11.7. The molecule has 2 heterocycles. The predicted molar refractivity (Wildman–Crippen MR) is 63.3 cm³/mol. The molecule has 2 bridgehead atoms. The molecule has 2 aliphatic heterocycles. The molecule has 4 N–H and O–H groups in total. The first-order valence-electron chi connectivity index (χ1n) is 6.16. The highest BCUT2D eigenvalue weighted by Crippen LogP contribution is 2.21. The summed E-state index contributed by atoms with van der Waals surface area (Å²) in [5.74, 6) is -0.310. The average Bonchev–Trinajstić information content (AvgIpc) is 2.56. The number of carbonyl (C=O) groups is 2. The summed E-state index contributed by atoms with van der Waals surface area (Å²) >= 11 is 0. The van der Waals surface area contributed by atoms with Crippen LogP contribution in [0.15, 0.2) is 0 Å². The maximum absolute atomic E-state index is 11.7. The van der Waals surface area contributed by atoms with Gasteiger partial charge in [-0.2, -0.15) is 0 Å². The summed E-state index contributed by atoms with van der Waals surface area (Å²) in [7, 11) is 0. The highest BCUT2D eigenvalue weighted by Gasteiger charge is 2.32. The van der Waals surface area contributed by atoms with Crippen molar-refractivity contribution in [2.75, 3.05) is 13.1 Å². The fraction of sp³-hybridized carbons (Fsp3) is 0.818. The third-order valence-electron chi connectivity index (χ3n) is 3.73. The van der Waals surface area contributed by atoms with Crippen molar-refractivity contribution in [3.8, 4) is 0 Å². The minimum atomic E-state index is -0.781. The largest absolute Gasteiger partial charge is 0.351 e. The molecular weight excluding hydrogens is 220 g/mol. The number of hydrogen-bond acceptors (Lipinski definition) is 4. The van der Waals surface area contributed by atoms with Crippen LogP contribution in [0.3, 0.4) is 0 Å². The van der Waals surface area contributed by atoms with E-state index in [9.17, 15) is 9.59 Å². The van der Waals surface area contributed by atoms with Crippen molar-refractivity contribution in [3.05, 3.63) is 0 Å². The minimum Gasteiger partial charge on any atom is -0.351 e. The molecule has 2 aliphatic rings. The van der Waals surface area contributed by atoms with Crippen LogP contribution >= 0.6 is 0 Å². The Balaban J connectivity index is 1.92. The van der Waals surface area contributed by atoms with E-state index in [1.807, 2.05) is 6.92 Å². The van der Waals surface area contributed by atoms with Crippen LogP contribution in [0.25, 0.3) is 0 Å². The number of rotatable bonds is 2. The molecule has 2 fully saturated rings. The monoisotopic (exact) mass is 240 g/mol. The fourth-order valence-electron chi connectivity index (χ4n) is 2.71. The van der Waals surface area contributed by atoms with Crippen molar-refractivity contribution in [3.63, 3.8) is 0 Å². The van der Waals surface area contributed by atoms with E-state index in [0.717, 1.165) is 19.5 Å². The molecule has 0 aromatic heterocycles. The normalized spacial score (nSPS) is 30.6. The Labute approximate surface area is 101 Å². The highest BCUT2D eigenvalue weighted by molar-refractivity contribution is 5.96. The Hall–Kier alpha value is -1.14. The Kier molecular flexibility index (Phi) is 3.63. The zero-order valence-corrected chi connectivity index (χ0v) is 10.1. The number of nitrogens with two attached hydrogens (primary N) is 1. The van der Waals surface area contributed by atoms with Gasteiger partial charge in [-0.05, 0) is 26.2 Å². The van der Waals surface area contributed by atoms with Gasteiger partial charge in [0.2, 0.25) is 5.91 Å². The quantitative estimate of drug-likeness (QED) is 0.601. The van der Waals surface area contributed by atoms with Gasteiger partial charge < -0.3 is 11.1 Å². The number of likely N-dealkylation sites (tertiary alicyclic amines) is 1. The molecule has 6 nitrogen and oxygen atoms in total. The SMILES string of the molecule is CC(C(=O)NC(N)=O)N1CCC2CCC(C1)N2. The van der Waals surface area contributed by atoms with Gasteiger partial charge in [-0.1, -0.05) is 0 Å². The van der Waals surface area contributed by atoms with Crippen molar-refractivity contribution in [1.82, 2.24) is 15.5 Å². The van der Waals surface area contributed by atoms with Gasteiger partial charge in [0.1, 0.15) is 0 Å². The molecule has 2 rings (SSSR count). The molecule has 0 aliphatic carbocycles. The van der Waals surface area contributed by atoms with Crippen molar-refractivity contribution >= 4 is 11.9 Å². The van der Waals surface area contributed by atoms with E-state index in [1.165, 1.54) is 12.8 Å². The number of fused-ring (bicyclic) bond motifs is 2. The standard InChI is InChI=1S/C11H20N4O2/c1-7(10(16)14-11(12)17)15-5-4-8-2-3-9(6-15)13-8/h7-9,13H,2-6H2,1H3,(H3,12,14,16,17). The van der Waals surface area contributed by atoms with Crippen LogP contribution in [0.5, 0.6) is 0 Å². The average molecular weight is 240 g/mol. The molecule has 0 spiro atoms. The zero-order chi connectivity index (χ0) is 12.4. The predicted octanol–water partition coefficient (Wildman–Crippen LogP) is -0.604. The molecule has 0 radical (unpaired) electrons. The summed E-state index contributed by atoms with van der Waals surface area (Å²) in [5, 5.41) is 5.69. The molecule has 3 amide bonds. The second-order valence-corrected chi connectivity index (χ2v) is 4.95. The van der Waals surface area contributed by atoms with Crippen LogP contribution in [-0.4, -0.2) is 48.1 Å². The summed E-state index contributed by atoms with van der Waals surface area (Å²) in [4.78, 5) is 24.5. The van der Waals surface area contributed by atoms with Crippen molar-refractivity contribution in [2.45, 2.75) is 44.3 Å². The molecule has 6 heteroatoms. The van der Waals surface area contributed by atoms with Crippen LogP contribution in [0, 0.1) is 0 Å². The smallest absolute Gasteiger partial charge is 0.318 e. The number of amides is 3. The number of imide groups is 1. The van der Waals surface area contributed by atoms with E-state index >= 15 is 0 Å². The third-order valence-corrected chi connectivity index (χ3v) is 3.73. The number of nitrogens with zero attached hydrogens (tertiary/aromatic N) is 1. The Morgan fingerprint density at radius 2 is 2.06 bits per heavy atom. The lowest BCUT2D eigenvalue weighted by molar-refractivity contribution is -0.124. The lowest BCUT2D eigenvalue weighted by atomic mass is 10.1. The van der Waals surface area contributed by atoms with Gasteiger partial charge in [-0.15, -0.1) is 0 Å². The number of carbonyl (C=O) groups excluding carboxylic acids is 2. The summed E-state index contributed by atoms with van der Waals surface area (Å²) < 4.78 is 0. The van der Waals surface area contributed by atoms with Gasteiger partial charge in [0, 0.05) is 25.2 Å². The first-order chi connectivity index (χ1) is 8.06. The van der Waals surface area contributed by atoms with Gasteiger partial charge in [-0.3, -0.25) is 15.0 Å². The van der Waals surface area contributed by atoms with E-state index < -0.39 is 6.03 Å². The van der Waals surface area contributed by atoms with Crippen LogP contribution in [-0.2, 0) is 4.79 Å². The van der Waals surface area contributed by atoms with E-state index in [-0.39, 0.29) is 11.9 Å². The summed E-state index contributed by atoms with van der Waals surface area (Å²) in [6.45, 7) is 3.57. The topological polar surface area (TPSA) is 87.5 Å². The molecule has 3 atom stereocenters. The molecule has 0 aromatic rings. The number of urea groups is 1. The first-order valence-corrected chi connectivity index (χ1v) is 6.16. The summed E-state index contributed by atoms with van der Waals surface area (Å²) in [5.41, 5.74) is 4.95. The number of nitrogens with one attached hydrogen (secondary N) is 2. The molecule has 17 heavy (non-hydrogen) atoms. The molecule has 0 aromatic carbocycles. The second kappa shape index (κ2) is 5.01. The minimum absolute atomic E-state index is 0.302. The van der Waals surface area contributed by atoms with Crippen molar-refractivity contribution in [2.24, 2.45) is 5.73 Å². The van der Waals surface area contributed by atoms with Crippen LogP contribution in [0.2, 0.25) is 0 Å². The summed E-state index contributed by atoms with van der Waals surface area (Å²) in [6.07, 6.45) is 3.47. The van der Waals surface area contributed by atoms with E-state index in [1.54, 1.807) is 0 Å². The van der Waals surface area contributed by atoms with Crippen molar-refractivity contribution in [1.29, 1.82) is 0 Å². The highest BCUT2D eigenvalue weighted by atomic mass is 16.2. The van der Waals surface area contributed by atoms with Crippen LogP contribution < -0.4 is 16.4 Å². The second-order valence-electron chi connectivity index (χ2n) is 4.95. The lowest BCUT2D eigenvalue weighted by Gasteiger charge is -2.28. The van der Waals surface area contributed by atoms with E-state index in [4.69, 9.17) is 5.73 Å². The fourth-order valence-corrected chi connectivity index (χ4v) is 2.71. The Morgan fingerprint density at radius 3 is 2.76 bits per heavy atom. The molecule has 96 valence electrons. The van der Waals surface area contributed by atoms with Crippen molar-refractivity contribution < 1.29 is 9.59 Å². The van der Waals surface area contributed by atoms with Gasteiger partial charge >= 0.3 is 6.03 Å². The van der Waals surface area contributed by atoms with Gasteiger partial charge in [0.15, 0.2) is 0 Å². The molecular formula is C11H20N4O2. The van der Waals surface area contributed by atoms with E-state index in [0.29, 0.717) is 12.1 Å². The van der Waals surface area contributed by atoms with Gasteiger partial charge in [0.25, 0.3) is 0 Å². The Bertz CT molecular complexity index is 321. The summed E-state index contributed by atoms with van der Waals surface area (Å²) in [6, 6.07) is -0.0114. The van der Waals surface area contributed by atoms with Crippen LogP contribution in [0.1, 0.15) is 26.2 Å². The lowest BCUT2D eigenvalue weighted by Crippen LogP contribution is -2.50. The third kappa shape index (κ3) is 2.95. The zero-order valence-electron chi connectivity index (χ0n) is 10.1. The molecule has 2 saturated heterocycles.